The maximum Gasteiger partial charge on any atom is 0.0589 e. The summed E-state index contributed by atoms with van der Waals surface area (Å²) in [4.78, 5) is 2.47. The van der Waals surface area contributed by atoms with E-state index in [1.165, 1.54) is 6.42 Å². The Morgan fingerprint density at radius 3 is 2.79 bits per heavy atom. The zero-order chi connectivity index (χ0) is 14.1. The Morgan fingerprint density at radius 2 is 2.16 bits per heavy atom. The van der Waals surface area contributed by atoms with Crippen molar-refractivity contribution in [2.75, 3.05) is 38.7 Å². The van der Waals surface area contributed by atoms with Crippen molar-refractivity contribution in [1.82, 2.24) is 4.90 Å². The van der Waals surface area contributed by atoms with Crippen molar-refractivity contribution in [3.05, 3.63) is 28.7 Å². The molecule has 1 atom stereocenters. The molecule has 19 heavy (non-hydrogen) atoms. The maximum atomic E-state index is 5.18. The molecule has 0 aromatic heterocycles. The second kappa shape index (κ2) is 9.34. The largest absolute Gasteiger partial charge is 0.384 e. The molecule has 0 bridgehead atoms. The van der Waals surface area contributed by atoms with Crippen molar-refractivity contribution in [2.24, 2.45) is 0 Å². The van der Waals surface area contributed by atoms with Crippen LogP contribution in [0.4, 0.5) is 5.69 Å². The van der Waals surface area contributed by atoms with Gasteiger partial charge in [-0.25, -0.2) is 0 Å². The number of nitrogens with zero attached hydrogens (tertiary/aromatic N) is 1. The number of halogens is 1. The Kier molecular flexibility index (Phi) is 8.10. The van der Waals surface area contributed by atoms with Crippen LogP contribution in [0.1, 0.15) is 20.3 Å². The third kappa shape index (κ3) is 6.41. The van der Waals surface area contributed by atoms with E-state index in [9.17, 15) is 0 Å². The minimum Gasteiger partial charge on any atom is -0.384 e. The van der Waals surface area contributed by atoms with E-state index in [2.05, 4.69) is 52.1 Å². The number of anilines is 1. The monoisotopic (exact) mass is 328 g/mol. The molecular weight excluding hydrogens is 304 g/mol. The van der Waals surface area contributed by atoms with Gasteiger partial charge in [-0.3, -0.25) is 4.90 Å². The van der Waals surface area contributed by atoms with Gasteiger partial charge in [0.1, 0.15) is 0 Å². The van der Waals surface area contributed by atoms with Crippen molar-refractivity contribution < 1.29 is 4.74 Å². The number of hydrogen-bond donors (Lipinski definition) is 1. The molecule has 1 N–H and O–H groups in total. The van der Waals surface area contributed by atoms with Crippen LogP contribution in [0.3, 0.4) is 0 Å². The first kappa shape index (κ1) is 16.5. The molecule has 0 saturated carbocycles. The average molecular weight is 329 g/mol. The van der Waals surface area contributed by atoms with Crippen LogP contribution in [0.25, 0.3) is 0 Å². The van der Waals surface area contributed by atoms with Gasteiger partial charge in [-0.1, -0.05) is 28.9 Å². The summed E-state index contributed by atoms with van der Waals surface area (Å²) >= 11 is 3.48. The highest BCUT2D eigenvalue weighted by molar-refractivity contribution is 9.10. The molecule has 0 amide bonds. The van der Waals surface area contributed by atoms with E-state index in [-0.39, 0.29) is 0 Å². The summed E-state index contributed by atoms with van der Waals surface area (Å²) in [6, 6.07) is 8.87. The fourth-order valence-corrected chi connectivity index (χ4v) is 2.36. The van der Waals surface area contributed by atoms with Gasteiger partial charge in [-0.15, -0.1) is 0 Å². The van der Waals surface area contributed by atoms with Crippen LogP contribution in [-0.4, -0.2) is 44.3 Å². The predicted molar refractivity (Wildman–Crippen MR) is 85.8 cm³/mol. The van der Waals surface area contributed by atoms with Crippen molar-refractivity contribution in [3.63, 3.8) is 0 Å². The fourth-order valence-electron chi connectivity index (χ4n) is 1.96. The van der Waals surface area contributed by atoms with E-state index in [4.69, 9.17) is 4.74 Å². The van der Waals surface area contributed by atoms with Gasteiger partial charge < -0.3 is 10.1 Å². The van der Waals surface area contributed by atoms with Gasteiger partial charge in [0.25, 0.3) is 0 Å². The molecule has 3 nitrogen and oxygen atoms in total. The first-order chi connectivity index (χ1) is 9.17. The minimum atomic E-state index is 0.597. The fraction of sp³-hybridized carbons (Fsp3) is 0.600. The third-order valence-electron chi connectivity index (χ3n) is 3.35. The van der Waals surface area contributed by atoms with Crippen LogP contribution in [0.15, 0.2) is 28.7 Å². The normalized spacial score (nSPS) is 12.7. The van der Waals surface area contributed by atoms with Crippen LogP contribution in [0.2, 0.25) is 0 Å². The molecule has 0 aliphatic heterocycles. The Balaban J connectivity index is 2.38. The lowest BCUT2D eigenvalue weighted by Crippen LogP contribution is -2.38. The Labute approximate surface area is 125 Å². The Hall–Kier alpha value is -0.580. The van der Waals surface area contributed by atoms with Crippen LogP contribution in [-0.2, 0) is 4.74 Å². The van der Waals surface area contributed by atoms with Crippen LogP contribution >= 0.6 is 15.9 Å². The van der Waals surface area contributed by atoms with Gasteiger partial charge in [-0.2, -0.15) is 0 Å². The number of nitrogens with one attached hydrogen (secondary N) is 1. The quantitative estimate of drug-likeness (QED) is 0.749. The molecule has 0 radical (unpaired) electrons. The summed E-state index contributed by atoms with van der Waals surface area (Å²) in [5, 5.41) is 3.46. The summed E-state index contributed by atoms with van der Waals surface area (Å²) in [5.74, 6) is 0. The van der Waals surface area contributed by atoms with E-state index < -0.39 is 0 Å². The molecule has 1 aromatic rings. The van der Waals surface area contributed by atoms with Gasteiger partial charge in [0.15, 0.2) is 0 Å². The van der Waals surface area contributed by atoms with Gasteiger partial charge in [0, 0.05) is 42.9 Å². The first-order valence-electron chi connectivity index (χ1n) is 6.89. The average Bonchev–Trinajstić information content (AvgIpc) is 2.42. The van der Waals surface area contributed by atoms with Crippen LogP contribution < -0.4 is 5.32 Å². The van der Waals surface area contributed by atoms with Gasteiger partial charge in [-0.05, 0) is 31.5 Å². The molecule has 0 spiro atoms. The molecule has 108 valence electrons. The number of methoxy groups -OCH3 is 1. The Bertz CT molecular complexity index is 360. The van der Waals surface area contributed by atoms with E-state index in [0.29, 0.717) is 6.04 Å². The van der Waals surface area contributed by atoms with Gasteiger partial charge >= 0.3 is 0 Å². The van der Waals surface area contributed by atoms with Crippen molar-refractivity contribution in [1.29, 1.82) is 0 Å². The van der Waals surface area contributed by atoms with Crippen LogP contribution in [0, 0.1) is 0 Å². The van der Waals surface area contributed by atoms with Crippen LogP contribution in [0.5, 0.6) is 0 Å². The van der Waals surface area contributed by atoms with E-state index in [1.807, 2.05) is 12.1 Å². The first-order valence-corrected chi connectivity index (χ1v) is 7.69. The lowest BCUT2D eigenvalue weighted by Gasteiger charge is -2.28. The van der Waals surface area contributed by atoms with Crippen molar-refractivity contribution in [3.8, 4) is 0 Å². The third-order valence-corrected chi connectivity index (χ3v) is 3.84. The molecule has 0 aliphatic carbocycles. The topological polar surface area (TPSA) is 24.5 Å². The molecule has 0 heterocycles. The summed E-state index contributed by atoms with van der Waals surface area (Å²) in [5.41, 5.74) is 1.16. The highest BCUT2D eigenvalue weighted by Crippen LogP contribution is 2.15. The summed E-state index contributed by atoms with van der Waals surface area (Å²) < 4.78 is 6.29. The van der Waals surface area contributed by atoms with Gasteiger partial charge in [0.05, 0.1) is 6.61 Å². The second-order valence-electron chi connectivity index (χ2n) is 4.72. The zero-order valence-corrected chi connectivity index (χ0v) is 13.7. The molecule has 0 fully saturated rings. The van der Waals surface area contributed by atoms with E-state index in [1.54, 1.807) is 7.11 Å². The van der Waals surface area contributed by atoms with Gasteiger partial charge in [0.2, 0.25) is 0 Å². The summed E-state index contributed by atoms with van der Waals surface area (Å²) in [7, 11) is 1.76. The number of ether oxygens (including phenoxy) is 1. The second-order valence-corrected chi connectivity index (χ2v) is 5.64. The van der Waals surface area contributed by atoms with Crippen molar-refractivity contribution in [2.45, 2.75) is 26.3 Å². The molecule has 0 saturated heterocycles. The molecule has 1 rings (SSSR count). The molecular formula is C15H25BrN2O. The highest BCUT2D eigenvalue weighted by Gasteiger charge is 2.10. The number of hydrogen-bond acceptors (Lipinski definition) is 3. The minimum absolute atomic E-state index is 0.597. The number of rotatable bonds is 9. The highest BCUT2D eigenvalue weighted by atomic mass is 79.9. The summed E-state index contributed by atoms with van der Waals surface area (Å²) in [6.07, 6.45) is 1.17. The Morgan fingerprint density at radius 1 is 1.37 bits per heavy atom. The maximum absolute atomic E-state index is 5.18. The molecule has 0 aliphatic rings. The molecule has 4 heteroatoms. The smallest absolute Gasteiger partial charge is 0.0589 e. The lowest BCUT2D eigenvalue weighted by atomic mass is 10.2. The molecule has 1 unspecified atom stereocenters. The molecule has 1 aromatic carbocycles. The zero-order valence-electron chi connectivity index (χ0n) is 12.2. The van der Waals surface area contributed by atoms with E-state index in [0.717, 1.165) is 36.4 Å². The standard InChI is InChI=1S/C15H25BrN2O/c1-4-13(2)18(10-11-19-3)9-8-17-15-7-5-6-14(16)12-15/h5-7,12-13,17H,4,8-11H2,1-3H3. The predicted octanol–water partition coefficient (Wildman–Crippen LogP) is 3.61. The number of benzene rings is 1. The van der Waals surface area contributed by atoms with Crippen molar-refractivity contribution >= 4 is 21.6 Å². The summed E-state index contributed by atoms with van der Waals surface area (Å²) in [6.45, 7) is 8.27. The van der Waals surface area contributed by atoms with E-state index >= 15 is 0 Å². The lowest BCUT2D eigenvalue weighted by molar-refractivity contribution is 0.126. The SMILES string of the molecule is CCC(C)N(CCNc1cccc(Br)c1)CCOC.